The molecule has 4 heteroatoms. The van der Waals surface area contributed by atoms with E-state index in [9.17, 15) is 9.59 Å². The molecular formula is C7H11NO3. The summed E-state index contributed by atoms with van der Waals surface area (Å²) in [5.41, 5.74) is 0. The van der Waals surface area contributed by atoms with Crippen LogP contribution in [-0.2, 0) is 9.59 Å². The molecule has 0 bridgehead atoms. The van der Waals surface area contributed by atoms with Gasteiger partial charge in [0, 0.05) is 6.04 Å². The van der Waals surface area contributed by atoms with E-state index in [4.69, 9.17) is 5.11 Å². The molecule has 0 aliphatic heterocycles. The first kappa shape index (κ1) is 8.04. The van der Waals surface area contributed by atoms with Gasteiger partial charge in [-0.3, -0.25) is 9.59 Å². The minimum Gasteiger partial charge on any atom is -0.481 e. The van der Waals surface area contributed by atoms with Crippen LogP contribution in [0.25, 0.3) is 0 Å². The summed E-state index contributed by atoms with van der Waals surface area (Å²) in [7, 11) is 0. The number of hydrogen-bond acceptors (Lipinski definition) is 2. The van der Waals surface area contributed by atoms with Crippen LogP contribution in [0.1, 0.15) is 19.3 Å². The zero-order valence-corrected chi connectivity index (χ0v) is 6.12. The highest BCUT2D eigenvalue weighted by molar-refractivity contribution is 5.71. The van der Waals surface area contributed by atoms with Crippen LogP contribution in [0, 0.1) is 5.92 Å². The van der Waals surface area contributed by atoms with Gasteiger partial charge in [0.25, 0.3) is 0 Å². The fraction of sp³-hybridized carbons (Fsp3) is 0.714. The average Bonchev–Trinajstić information content (AvgIpc) is 2.36. The third kappa shape index (κ3) is 1.69. The summed E-state index contributed by atoms with van der Waals surface area (Å²) in [6, 6.07) is -0.148. The maximum absolute atomic E-state index is 10.5. The van der Waals surface area contributed by atoms with Gasteiger partial charge < -0.3 is 10.4 Å². The van der Waals surface area contributed by atoms with Crippen LogP contribution in [0.2, 0.25) is 0 Å². The number of carbonyl (C=O) groups excluding carboxylic acids is 1. The fourth-order valence-corrected chi connectivity index (χ4v) is 1.54. The first-order valence-corrected chi connectivity index (χ1v) is 3.68. The van der Waals surface area contributed by atoms with Crippen molar-refractivity contribution in [2.45, 2.75) is 25.3 Å². The lowest BCUT2D eigenvalue weighted by Crippen LogP contribution is -2.35. The summed E-state index contributed by atoms with van der Waals surface area (Å²) in [5, 5.41) is 11.2. The number of aliphatic carboxylic acids is 1. The fourth-order valence-electron chi connectivity index (χ4n) is 1.54. The first-order chi connectivity index (χ1) is 5.25. The first-order valence-electron chi connectivity index (χ1n) is 3.68. The minimum atomic E-state index is -0.804. The third-order valence-electron chi connectivity index (χ3n) is 2.12. The molecule has 0 aromatic heterocycles. The quantitative estimate of drug-likeness (QED) is 0.566. The molecular weight excluding hydrogens is 146 g/mol. The maximum Gasteiger partial charge on any atom is 0.308 e. The van der Waals surface area contributed by atoms with Crippen LogP contribution in [0.4, 0.5) is 0 Å². The van der Waals surface area contributed by atoms with Crippen molar-refractivity contribution in [2.75, 3.05) is 0 Å². The van der Waals surface area contributed by atoms with Crippen molar-refractivity contribution < 1.29 is 14.7 Å². The Morgan fingerprint density at radius 1 is 1.55 bits per heavy atom. The molecule has 0 saturated heterocycles. The lowest BCUT2D eigenvalue weighted by atomic mass is 10.0. The highest BCUT2D eigenvalue weighted by Gasteiger charge is 2.32. The van der Waals surface area contributed by atoms with Crippen molar-refractivity contribution in [1.82, 2.24) is 5.32 Å². The number of carboxylic acid groups (broad SMARTS) is 1. The van der Waals surface area contributed by atoms with Gasteiger partial charge in [-0.05, 0) is 12.8 Å². The van der Waals surface area contributed by atoms with Gasteiger partial charge in [0.15, 0.2) is 0 Å². The number of hydrogen-bond donors (Lipinski definition) is 2. The van der Waals surface area contributed by atoms with E-state index in [-0.39, 0.29) is 12.0 Å². The van der Waals surface area contributed by atoms with E-state index < -0.39 is 5.97 Å². The molecule has 0 radical (unpaired) electrons. The molecule has 2 unspecified atom stereocenters. The molecule has 2 atom stereocenters. The highest BCUT2D eigenvalue weighted by atomic mass is 16.4. The Bertz CT molecular complexity index is 169. The smallest absolute Gasteiger partial charge is 0.308 e. The van der Waals surface area contributed by atoms with Gasteiger partial charge in [-0.25, -0.2) is 0 Å². The van der Waals surface area contributed by atoms with Gasteiger partial charge >= 0.3 is 5.97 Å². The Hall–Kier alpha value is -1.06. The molecule has 1 fully saturated rings. The SMILES string of the molecule is O=CNC1CCCC1C(=O)O. The molecule has 1 aliphatic carbocycles. The molecule has 11 heavy (non-hydrogen) atoms. The molecule has 0 spiro atoms. The van der Waals surface area contributed by atoms with Gasteiger partial charge in [0.05, 0.1) is 5.92 Å². The Labute approximate surface area is 64.6 Å². The average molecular weight is 157 g/mol. The summed E-state index contributed by atoms with van der Waals surface area (Å²) >= 11 is 0. The standard InChI is InChI=1S/C7H11NO3/c9-4-8-6-3-1-2-5(6)7(10)11/h4-6H,1-3H2,(H,8,9)(H,10,11). The van der Waals surface area contributed by atoms with E-state index in [1.54, 1.807) is 0 Å². The summed E-state index contributed by atoms with van der Waals surface area (Å²) in [4.78, 5) is 20.6. The number of amides is 1. The van der Waals surface area contributed by atoms with E-state index in [0.29, 0.717) is 12.8 Å². The van der Waals surface area contributed by atoms with Crippen LogP contribution >= 0.6 is 0 Å². The van der Waals surface area contributed by atoms with Crippen molar-refractivity contribution in [1.29, 1.82) is 0 Å². The van der Waals surface area contributed by atoms with Crippen molar-refractivity contribution in [3.8, 4) is 0 Å². The van der Waals surface area contributed by atoms with Gasteiger partial charge in [-0.1, -0.05) is 6.42 Å². The number of carbonyl (C=O) groups is 2. The van der Waals surface area contributed by atoms with Gasteiger partial charge in [0.2, 0.25) is 6.41 Å². The van der Waals surface area contributed by atoms with Crippen LogP contribution in [0.5, 0.6) is 0 Å². The van der Waals surface area contributed by atoms with E-state index in [2.05, 4.69) is 5.32 Å². The van der Waals surface area contributed by atoms with E-state index in [0.717, 1.165) is 12.8 Å². The zero-order valence-electron chi connectivity index (χ0n) is 6.12. The number of rotatable bonds is 3. The predicted molar refractivity (Wildman–Crippen MR) is 38.0 cm³/mol. The molecule has 0 aromatic carbocycles. The van der Waals surface area contributed by atoms with Gasteiger partial charge in [-0.15, -0.1) is 0 Å². The molecule has 0 heterocycles. The van der Waals surface area contributed by atoms with E-state index in [1.165, 1.54) is 0 Å². The molecule has 62 valence electrons. The Kier molecular flexibility index (Phi) is 2.46. The highest BCUT2D eigenvalue weighted by Crippen LogP contribution is 2.25. The normalized spacial score (nSPS) is 29.8. The van der Waals surface area contributed by atoms with Gasteiger partial charge in [-0.2, -0.15) is 0 Å². The maximum atomic E-state index is 10.5. The largest absolute Gasteiger partial charge is 0.481 e. The monoisotopic (exact) mass is 157 g/mol. The molecule has 0 aromatic rings. The molecule has 2 N–H and O–H groups in total. The molecule has 4 nitrogen and oxygen atoms in total. The van der Waals surface area contributed by atoms with E-state index >= 15 is 0 Å². The van der Waals surface area contributed by atoms with Crippen LogP contribution in [0.3, 0.4) is 0 Å². The van der Waals surface area contributed by atoms with Crippen LogP contribution < -0.4 is 5.32 Å². The second kappa shape index (κ2) is 3.37. The Morgan fingerprint density at radius 3 is 2.82 bits per heavy atom. The second-order valence-electron chi connectivity index (χ2n) is 2.77. The Morgan fingerprint density at radius 2 is 2.27 bits per heavy atom. The number of carboxylic acids is 1. The summed E-state index contributed by atoms with van der Waals surface area (Å²) in [6.45, 7) is 0. The second-order valence-corrected chi connectivity index (χ2v) is 2.77. The van der Waals surface area contributed by atoms with E-state index in [1.807, 2.05) is 0 Å². The van der Waals surface area contributed by atoms with Crippen molar-refractivity contribution in [3.63, 3.8) is 0 Å². The van der Waals surface area contributed by atoms with Crippen LogP contribution in [0.15, 0.2) is 0 Å². The topological polar surface area (TPSA) is 66.4 Å². The van der Waals surface area contributed by atoms with Gasteiger partial charge in [0.1, 0.15) is 0 Å². The Balaban J connectivity index is 2.50. The summed E-state index contributed by atoms with van der Waals surface area (Å²) in [5.74, 6) is -1.18. The summed E-state index contributed by atoms with van der Waals surface area (Å²) in [6.07, 6.45) is 2.94. The van der Waals surface area contributed by atoms with Crippen molar-refractivity contribution in [2.24, 2.45) is 5.92 Å². The molecule has 1 aliphatic rings. The van der Waals surface area contributed by atoms with Crippen LogP contribution in [-0.4, -0.2) is 23.5 Å². The van der Waals surface area contributed by atoms with Crippen molar-refractivity contribution >= 4 is 12.4 Å². The minimum absolute atomic E-state index is 0.148. The molecule has 1 saturated carbocycles. The molecule has 1 amide bonds. The zero-order chi connectivity index (χ0) is 8.27. The summed E-state index contributed by atoms with van der Waals surface area (Å²) < 4.78 is 0. The third-order valence-corrected chi connectivity index (χ3v) is 2.12. The molecule has 1 rings (SSSR count). The number of nitrogens with one attached hydrogen (secondary N) is 1. The van der Waals surface area contributed by atoms with Crippen molar-refractivity contribution in [3.05, 3.63) is 0 Å². The predicted octanol–water partition coefficient (Wildman–Crippen LogP) is -0.0143. The lowest BCUT2D eigenvalue weighted by Gasteiger charge is -2.13. The lowest BCUT2D eigenvalue weighted by molar-refractivity contribution is -0.142.